The van der Waals surface area contributed by atoms with E-state index in [0.717, 1.165) is 12.0 Å². The van der Waals surface area contributed by atoms with Gasteiger partial charge in [0.05, 0.1) is 4.92 Å². The van der Waals surface area contributed by atoms with E-state index in [1.54, 1.807) is 19.1 Å². The van der Waals surface area contributed by atoms with Crippen LogP contribution in [0.2, 0.25) is 5.15 Å². The summed E-state index contributed by atoms with van der Waals surface area (Å²) in [6.07, 6.45) is 1.53. The Hall–Kier alpha value is -2.21. The fourth-order valence-electron chi connectivity index (χ4n) is 1.80. The van der Waals surface area contributed by atoms with E-state index in [1.165, 1.54) is 12.1 Å². The maximum Gasteiger partial charge on any atom is 0.311 e. The number of hydrogen-bond acceptors (Lipinski definition) is 5. The molecule has 2 rings (SSSR count). The maximum atomic E-state index is 11.1. The molecule has 0 spiro atoms. The van der Waals surface area contributed by atoms with Crippen LogP contribution in [-0.2, 0) is 6.42 Å². The molecule has 0 atom stereocenters. The number of benzene rings is 1. The van der Waals surface area contributed by atoms with Crippen LogP contribution in [0.1, 0.15) is 24.7 Å². The third-order valence-corrected chi connectivity index (χ3v) is 2.91. The van der Waals surface area contributed by atoms with Crippen LogP contribution in [0.25, 0.3) is 0 Å². The number of rotatable bonds is 5. The van der Waals surface area contributed by atoms with Gasteiger partial charge in [-0.05, 0) is 25.0 Å². The van der Waals surface area contributed by atoms with Crippen molar-refractivity contribution in [2.24, 2.45) is 0 Å². The minimum atomic E-state index is -0.488. The van der Waals surface area contributed by atoms with Gasteiger partial charge in [-0.3, -0.25) is 10.1 Å². The molecule has 2 aromatic rings. The van der Waals surface area contributed by atoms with Gasteiger partial charge >= 0.3 is 5.69 Å². The van der Waals surface area contributed by atoms with Crippen molar-refractivity contribution in [1.82, 2.24) is 9.97 Å². The van der Waals surface area contributed by atoms with E-state index < -0.39 is 4.92 Å². The zero-order chi connectivity index (χ0) is 15.4. The van der Waals surface area contributed by atoms with E-state index in [9.17, 15) is 10.1 Å². The molecule has 0 amide bonds. The first-order valence-corrected chi connectivity index (χ1v) is 6.83. The SMILES string of the molecule is CCCc1nc(Cl)cc(Oc2ccc(C)cc2[N+](=O)[O-])n1. The summed E-state index contributed by atoms with van der Waals surface area (Å²) < 4.78 is 5.52. The fourth-order valence-corrected chi connectivity index (χ4v) is 1.99. The molecule has 0 fully saturated rings. The van der Waals surface area contributed by atoms with Gasteiger partial charge in [0.2, 0.25) is 11.6 Å². The zero-order valence-corrected chi connectivity index (χ0v) is 12.4. The van der Waals surface area contributed by atoms with Gasteiger partial charge in [-0.1, -0.05) is 24.6 Å². The molecule has 0 aliphatic rings. The van der Waals surface area contributed by atoms with Crippen molar-refractivity contribution < 1.29 is 9.66 Å². The summed E-state index contributed by atoms with van der Waals surface area (Å²) in [6.45, 7) is 3.77. The van der Waals surface area contributed by atoms with Crippen molar-refractivity contribution in [3.8, 4) is 11.6 Å². The first kappa shape index (κ1) is 15.2. The van der Waals surface area contributed by atoms with E-state index in [2.05, 4.69) is 9.97 Å². The van der Waals surface area contributed by atoms with Crippen LogP contribution in [0.5, 0.6) is 11.6 Å². The van der Waals surface area contributed by atoms with Gasteiger partial charge in [0.15, 0.2) is 0 Å². The summed E-state index contributed by atoms with van der Waals surface area (Å²) in [4.78, 5) is 18.9. The van der Waals surface area contributed by atoms with Crippen LogP contribution < -0.4 is 4.74 Å². The largest absolute Gasteiger partial charge is 0.432 e. The topological polar surface area (TPSA) is 78.2 Å². The number of nitro benzene ring substituents is 1. The van der Waals surface area contributed by atoms with Crippen molar-refractivity contribution in [2.45, 2.75) is 26.7 Å². The highest BCUT2D eigenvalue weighted by Gasteiger charge is 2.17. The van der Waals surface area contributed by atoms with Crippen molar-refractivity contribution in [3.05, 3.63) is 50.9 Å². The molecule has 0 bridgehead atoms. The molecule has 1 aromatic heterocycles. The molecule has 1 aromatic carbocycles. The summed E-state index contributed by atoms with van der Waals surface area (Å²) in [5.74, 6) is 0.878. The van der Waals surface area contributed by atoms with Gasteiger partial charge in [-0.15, -0.1) is 0 Å². The van der Waals surface area contributed by atoms with Crippen LogP contribution >= 0.6 is 11.6 Å². The smallest absolute Gasteiger partial charge is 0.311 e. The quantitative estimate of drug-likeness (QED) is 0.472. The third kappa shape index (κ3) is 3.88. The standard InChI is InChI=1S/C14H14ClN3O3/c1-3-4-13-16-12(15)8-14(17-13)21-11-6-5-9(2)7-10(11)18(19)20/h5-8H,3-4H2,1-2H3. The molecule has 0 radical (unpaired) electrons. The minimum Gasteiger partial charge on any atom is -0.432 e. The zero-order valence-electron chi connectivity index (χ0n) is 11.7. The van der Waals surface area contributed by atoms with E-state index in [4.69, 9.17) is 16.3 Å². The molecule has 0 saturated carbocycles. The van der Waals surface area contributed by atoms with Crippen molar-refractivity contribution in [1.29, 1.82) is 0 Å². The molecule has 110 valence electrons. The van der Waals surface area contributed by atoms with E-state index in [-0.39, 0.29) is 22.5 Å². The highest BCUT2D eigenvalue weighted by atomic mass is 35.5. The lowest BCUT2D eigenvalue weighted by Crippen LogP contribution is -1.99. The molecule has 0 N–H and O–H groups in total. The second-order valence-corrected chi connectivity index (χ2v) is 4.91. The molecule has 6 nitrogen and oxygen atoms in total. The van der Waals surface area contributed by atoms with Crippen molar-refractivity contribution in [2.75, 3.05) is 0 Å². The Morgan fingerprint density at radius 3 is 2.76 bits per heavy atom. The number of aryl methyl sites for hydroxylation is 2. The molecule has 21 heavy (non-hydrogen) atoms. The Morgan fingerprint density at radius 2 is 2.10 bits per heavy atom. The molecule has 0 saturated heterocycles. The van der Waals surface area contributed by atoms with E-state index in [0.29, 0.717) is 12.2 Å². The number of aromatic nitrogens is 2. The number of nitro groups is 1. The fraction of sp³-hybridized carbons (Fsp3) is 0.286. The van der Waals surface area contributed by atoms with E-state index >= 15 is 0 Å². The Kier molecular flexibility index (Phi) is 4.70. The van der Waals surface area contributed by atoms with Crippen LogP contribution in [0.3, 0.4) is 0 Å². The van der Waals surface area contributed by atoms with Crippen molar-refractivity contribution >= 4 is 17.3 Å². The van der Waals surface area contributed by atoms with E-state index in [1.807, 2.05) is 6.92 Å². The Balaban J connectivity index is 2.36. The minimum absolute atomic E-state index is 0.109. The third-order valence-electron chi connectivity index (χ3n) is 2.72. The summed E-state index contributed by atoms with van der Waals surface area (Å²) in [6, 6.07) is 6.16. The van der Waals surface area contributed by atoms with Crippen molar-refractivity contribution in [3.63, 3.8) is 0 Å². The van der Waals surface area contributed by atoms with Crippen LogP contribution in [0.15, 0.2) is 24.3 Å². The Bertz CT molecular complexity index is 677. The number of nitrogens with zero attached hydrogens (tertiary/aromatic N) is 3. The van der Waals surface area contributed by atoms with Gasteiger partial charge in [-0.2, -0.15) is 4.98 Å². The number of halogens is 1. The molecule has 0 unspecified atom stereocenters. The Labute approximate surface area is 126 Å². The lowest BCUT2D eigenvalue weighted by molar-refractivity contribution is -0.385. The summed E-state index contributed by atoms with van der Waals surface area (Å²) in [5, 5.41) is 11.3. The van der Waals surface area contributed by atoms with Crippen LogP contribution in [-0.4, -0.2) is 14.9 Å². The molecule has 0 aliphatic carbocycles. The van der Waals surface area contributed by atoms with Gasteiger partial charge < -0.3 is 4.74 Å². The highest BCUT2D eigenvalue weighted by molar-refractivity contribution is 6.29. The first-order valence-electron chi connectivity index (χ1n) is 6.46. The molecule has 0 aliphatic heterocycles. The van der Waals surface area contributed by atoms with Crippen LogP contribution in [0, 0.1) is 17.0 Å². The highest BCUT2D eigenvalue weighted by Crippen LogP contribution is 2.31. The predicted molar refractivity (Wildman–Crippen MR) is 78.9 cm³/mol. The lowest BCUT2D eigenvalue weighted by atomic mass is 10.2. The molecular weight excluding hydrogens is 294 g/mol. The second kappa shape index (κ2) is 6.49. The second-order valence-electron chi connectivity index (χ2n) is 4.53. The molecular formula is C14H14ClN3O3. The summed E-state index contributed by atoms with van der Waals surface area (Å²) >= 11 is 5.91. The van der Waals surface area contributed by atoms with Gasteiger partial charge in [0.25, 0.3) is 0 Å². The number of ether oxygens (including phenoxy) is 1. The predicted octanol–water partition coefficient (Wildman–Crippen LogP) is 4.09. The number of hydrogen-bond donors (Lipinski definition) is 0. The maximum absolute atomic E-state index is 11.1. The average molecular weight is 308 g/mol. The average Bonchev–Trinajstić information content (AvgIpc) is 2.40. The monoisotopic (exact) mass is 307 g/mol. The lowest BCUT2D eigenvalue weighted by Gasteiger charge is -2.07. The van der Waals surface area contributed by atoms with Crippen LogP contribution in [0.4, 0.5) is 5.69 Å². The van der Waals surface area contributed by atoms with Gasteiger partial charge in [0, 0.05) is 18.6 Å². The normalized spacial score (nSPS) is 10.4. The molecule has 1 heterocycles. The summed E-state index contributed by atoms with van der Waals surface area (Å²) in [5.41, 5.74) is 0.670. The first-order chi connectivity index (χ1) is 9.99. The van der Waals surface area contributed by atoms with Gasteiger partial charge in [0.1, 0.15) is 11.0 Å². The van der Waals surface area contributed by atoms with Gasteiger partial charge in [-0.25, -0.2) is 4.98 Å². The Morgan fingerprint density at radius 1 is 1.33 bits per heavy atom. The summed E-state index contributed by atoms with van der Waals surface area (Å²) in [7, 11) is 0. The molecule has 7 heteroatoms.